The van der Waals surface area contributed by atoms with Gasteiger partial charge in [-0.15, -0.1) is 0 Å². The Morgan fingerprint density at radius 1 is 1.22 bits per heavy atom. The molecule has 0 spiro atoms. The van der Waals surface area contributed by atoms with E-state index < -0.39 is 0 Å². The molecule has 27 heavy (non-hydrogen) atoms. The van der Waals surface area contributed by atoms with E-state index in [0.717, 1.165) is 15.9 Å². The molecule has 0 unspecified atom stereocenters. The summed E-state index contributed by atoms with van der Waals surface area (Å²) < 4.78 is 4.12. The fraction of sp³-hybridized carbons (Fsp3) is 0.222. The highest BCUT2D eigenvalue weighted by molar-refractivity contribution is 9.10. The van der Waals surface area contributed by atoms with E-state index in [2.05, 4.69) is 31.4 Å². The van der Waals surface area contributed by atoms with E-state index in [1.165, 1.54) is 22.0 Å². The van der Waals surface area contributed by atoms with Crippen LogP contribution in [0.2, 0.25) is 0 Å². The number of nitrogens with zero attached hydrogens (tertiary/aromatic N) is 5. The molecule has 0 saturated heterocycles. The number of aromatic nitrogens is 4. The lowest BCUT2D eigenvalue weighted by Gasteiger charge is -2.09. The highest BCUT2D eigenvalue weighted by Gasteiger charge is 2.16. The Morgan fingerprint density at radius 2 is 2.00 bits per heavy atom. The van der Waals surface area contributed by atoms with Crippen LogP contribution in [0.1, 0.15) is 16.1 Å². The molecule has 8 nitrogen and oxygen atoms in total. The first-order chi connectivity index (χ1) is 12.8. The van der Waals surface area contributed by atoms with Crippen molar-refractivity contribution in [3.63, 3.8) is 0 Å². The summed E-state index contributed by atoms with van der Waals surface area (Å²) in [5.74, 6) is -0.366. The maximum Gasteiger partial charge on any atom is 0.259 e. The molecule has 3 aromatic rings. The number of benzene rings is 1. The molecular weight excluding hydrogens is 412 g/mol. The minimum absolute atomic E-state index is 0.0814. The highest BCUT2D eigenvalue weighted by atomic mass is 79.9. The van der Waals surface area contributed by atoms with Crippen LogP contribution in [0, 0.1) is 6.92 Å². The zero-order chi connectivity index (χ0) is 19.6. The quantitative estimate of drug-likeness (QED) is 0.673. The van der Waals surface area contributed by atoms with Gasteiger partial charge in [-0.2, -0.15) is 10.2 Å². The molecule has 0 atom stereocenters. The summed E-state index contributed by atoms with van der Waals surface area (Å²) in [6.07, 6.45) is 4.66. The number of nitrogens with one attached hydrogen (secondary N) is 1. The number of hydrogen-bond acceptors (Lipinski definition) is 4. The van der Waals surface area contributed by atoms with Crippen molar-refractivity contribution >= 4 is 33.4 Å². The Hall–Kier alpha value is -2.94. The minimum Gasteiger partial charge on any atom is -0.347 e. The van der Waals surface area contributed by atoms with Gasteiger partial charge in [-0.05, 0) is 25.1 Å². The number of anilines is 1. The van der Waals surface area contributed by atoms with Crippen LogP contribution in [0.4, 0.5) is 5.69 Å². The molecule has 9 heteroatoms. The van der Waals surface area contributed by atoms with Crippen molar-refractivity contribution in [2.75, 3.05) is 19.4 Å². The monoisotopic (exact) mass is 430 g/mol. The number of amides is 2. The molecule has 0 saturated carbocycles. The summed E-state index contributed by atoms with van der Waals surface area (Å²) in [5.41, 5.74) is 2.56. The maximum atomic E-state index is 12.6. The van der Waals surface area contributed by atoms with Crippen LogP contribution in [0.3, 0.4) is 0 Å². The van der Waals surface area contributed by atoms with Gasteiger partial charge in [0.1, 0.15) is 6.54 Å². The maximum absolute atomic E-state index is 12.6. The van der Waals surface area contributed by atoms with E-state index in [1.807, 2.05) is 31.2 Å². The van der Waals surface area contributed by atoms with Gasteiger partial charge in [-0.25, -0.2) is 4.68 Å². The topological polar surface area (TPSA) is 85.1 Å². The molecule has 0 aliphatic rings. The molecule has 2 aromatic heterocycles. The first-order valence-corrected chi connectivity index (χ1v) is 8.99. The average molecular weight is 431 g/mol. The van der Waals surface area contributed by atoms with Crippen LogP contribution in [0.5, 0.6) is 0 Å². The van der Waals surface area contributed by atoms with Crippen molar-refractivity contribution in [1.29, 1.82) is 0 Å². The fourth-order valence-electron chi connectivity index (χ4n) is 2.49. The largest absolute Gasteiger partial charge is 0.347 e. The smallest absolute Gasteiger partial charge is 0.259 e. The molecule has 0 aliphatic carbocycles. The molecule has 1 N–H and O–H groups in total. The molecule has 0 bridgehead atoms. The first kappa shape index (κ1) is 18.8. The predicted octanol–water partition coefficient (Wildman–Crippen LogP) is 2.48. The summed E-state index contributed by atoms with van der Waals surface area (Å²) in [5, 5.41) is 11.2. The molecule has 0 radical (unpaired) electrons. The second-order valence-corrected chi connectivity index (χ2v) is 7.12. The van der Waals surface area contributed by atoms with Gasteiger partial charge in [0.15, 0.2) is 0 Å². The number of hydrogen-bond donors (Lipinski definition) is 1. The first-order valence-electron chi connectivity index (χ1n) is 8.19. The standard InChI is InChI=1S/C18H19BrN6O2/c1-12-16(9-21-25(12)15-6-4-5-13(19)7-15)18(27)22-14-8-20-24(10-14)11-17(26)23(2)3/h4-10H,11H2,1-3H3,(H,22,27). The Balaban J connectivity index is 1.74. The van der Waals surface area contributed by atoms with E-state index in [0.29, 0.717) is 11.3 Å². The Labute approximate surface area is 164 Å². The van der Waals surface area contributed by atoms with E-state index in [9.17, 15) is 9.59 Å². The van der Waals surface area contributed by atoms with Gasteiger partial charge in [0.2, 0.25) is 5.91 Å². The lowest BCUT2D eigenvalue weighted by Crippen LogP contribution is -2.26. The molecule has 2 amide bonds. The predicted molar refractivity (Wildman–Crippen MR) is 105 cm³/mol. The second-order valence-electron chi connectivity index (χ2n) is 6.20. The summed E-state index contributed by atoms with van der Waals surface area (Å²) >= 11 is 3.44. The zero-order valence-corrected chi connectivity index (χ0v) is 16.8. The van der Waals surface area contributed by atoms with E-state index in [4.69, 9.17) is 0 Å². The van der Waals surface area contributed by atoms with E-state index in [-0.39, 0.29) is 18.4 Å². The zero-order valence-electron chi connectivity index (χ0n) is 15.2. The van der Waals surface area contributed by atoms with Crippen molar-refractivity contribution in [3.8, 4) is 5.69 Å². The number of halogens is 1. The van der Waals surface area contributed by atoms with Gasteiger partial charge < -0.3 is 10.2 Å². The van der Waals surface area contributed by atoms with Crippen LogP contribution < -0.4 is 5.32 Å². The third-order valence-electron chi connectivity index (χ3n) is 3.99. The molecule has 0 fully saturated rings. The van der Waals surface area contributed by atoms with Crippen LogP contribution in [-0.4, -0.2) is 50.4 Å². The van der Waals surface area contributed by atoms with Crippen molar-refractivity contribution in [2.45, 2.75) is 13.5 Å². The van der Waals surface area contributed by atoms with Gasteiger partial charge in [0.05, 0.1) is 35.0 Å². The van der Waals surface area contributed by atoms with Crippen molar-refractivity contribution in [1.82, 2.24) is 24.5 Å². The third-order valence-corrected chi connectivity index (χ3v) is 4.49. The van der Waals surface area contributed by atoms with Crippen LogP contribution in [0.25, 0.3) is 5.69 Å². The third kappa shape index (κ3) is 4.25. The van der Waals surface area contributed by atoms with Crippen molar-refractivity contribution < 1.29 is 9.59 Å². The SMILES string of the molecule is Cc1c(C(=O)Nc2cnn(CC(=O)N(C)C)c2)cnn1-c1cccc(Br)c1. The fourth-order valence-corrected chi connectivity index (χ4v) is 2.88. The molecule has 140 valence electrons. The van der Waals surface area contributed by atoms with Gasteiger partial charge in [0, 0.05) is 24.8 Å². The molecule has 0 aliphatic heterocycles. The molecule has 2 heterocycles. The summed E-state index contributed by atoms with van der Waals surface area (Å²) in [6.45, 7) is 1.95. The van der Waals surface area contributed by atoms with Crippen molar-refractivity contribution in [2.24, 2.45) is 0 Å². The highest BCUT2D eigenvalue weighted by Crippen LogP contribution is 2.19. The van der Waals surface area contributed by atoms with Crippen LogP contribution >= 0.6 is 15.9 Å². The van der Waals surface area contributed by atoms with Gasteiger partial charge in [-0.3, -0.25) is 14.3 Å². The molecule has 3 rings (SSSR count). The lowest BCUT2D eigenvalue weighted by molar-refractivity contribution is -0.129. The number of likely N-dealkylation sites (N-methyl/N-ethyl adjacent to an activating group) is 1. The Kier molecular flexibility index (Phi) is 5.41. The van der Waals surface area contributed by atoms with Gasteiger partial charge in [-0.1, -0.05) is 22.0 Å². The molecule has 1 aromatic carbocycles. The minimum atomic E-state index is -0.285. The molecular formula is C18H19BrN6O2. The summed E-state index contributed by atoms with van der Waals surface area (Å²) in [7, 11) is 3.36. The average Bonchev–Trinajstić information content (AvgIpc) is 3.21. The Bertz CT molecular complexity index is 991. The van der Waals surface area contributed by atoms with Crippen molar-refractivity contribution in [3.05, 3.63) is 58.6 Å². The lowest BCUT2D eigenvalue weighted by atomic mass is 10.2. The summed E-state index contributed by atoms with van der Waals surface area (Å²) in [6, 6.07) is 7.67. The van der Waals surface area contributed by atoms with Crippen LogP contribution in [-0.2, 0) is 11.3 Å². The van der Waals surface area contributed by atoms with E-state index in [1.54, 1.807) is 25.0 Å². The van der Waals surface area contributed by atoms with E-state index >= 15 is 0 Å². The van der Waals surface area contributed by atoms with Gasteiger partial charge >= 0.3 is 0 Å². The normalized spacial score (nSPS) is 10.7. The summed E-state index contributed by atoms with van der Waals surface area (Å²) in [4.78, 5) is 25.8. The second kappa shape index (κ2) is 7.75. The van der Waals surface area contributed by atoms with Crippen LogP contribution in [0.15, 0.2) is 47.3 Å². The Morgan fingerprint density at radius 3 is 2.70 bits per heavy atom. The number of carbonyl (C=O) groups is 2. The van der Waals surface area contributed by atoms with Gasteiger partial charge in [0.25, 0.3) is 5.91 Å². The number of rotatable bonds is 5. The number of carbonyl (C=O) groups excluding carboxylic acids is 2.